The number of nitrogens with one attached hydrogen (secondary N) is 1. The van der Waals surface area contributed by atoms with E-state index in [1.807, 2.05) is 12.1 Å². The van der Waals surface area contributed by atoms with Gasteiger partial charge in [0.2, 0.25) is 5.91 Å². The van der Waals surface area contributed by atoms with Crippen LogP contribution in [-0.4, -0.2) is 16.6 Å². The molecule has 0 aliphatic rings. The number of thioether (sulfide) groups is 1. The Morgan fingerprint density at radius 3 is 2.65 bits per heavy atom. The number of benzene rings is 1. The molecule has 104 valence electrons. The average Bonchev–Trinajstić information content (AvgIpc) is 2.46. The predicted molar refractivity (Wildman–Crippen MR) is 80.9 cm³/mol. The fourth-order valence-corrected chi connectivity index (χ4v) is 2.35. The summed E-state index contributed by atoms with van der Waals surface area (Å²) in [5.74, 6) is -0.0588. The van der Waals surface area contributed by atoms with Crippen molar-refractivity contribution in [2.75, 3.05) is 5.75 Å². The molecule has 1 heterocycles. The van der Waals surface area contributed by atoms with Crippen LogP contribution in [0.2, 0.25) is 0 Å². The molecule has 0 aliphatic carbocycles. The third-order valence-corrected chi connectivity index (χ3v) is 3.87. The lowest BCUT2D eigenvalue weighted by molar-refractivity contribution is -0.118. The molecule has 1 amide bonds. The van der Waals surface area contributed by atoms with Crippen molar-refractivity contribution in [2.45, 2.75) is 11.6 Å². The number of nitrogens with zero attached hydrogens (tertiary/aromatic N) is 1. The summed E-state index contributed by atoms with van der Waals surface area (Å²) in [6, 6.07) is 9.79. The van der Waals surface area contributed by atoms with E-state index in [0.29, 0.717) is 12.3 Å². The summed E-state index contributed by atoms with van der Waals surface area (Å²) in [5, 5.41) is 3.58. The number of hydrogen-bond acceptors (Lipinski definition) is 3. The van der Waals surface area contributed by atoms with Crippen molar-refractivity contribution in [3.05, 3.63) is 58.4 Å². The first-order valence-corrected chi connectivity index (χ1v) is 7.67. The minimum Gasteiger partial charge on any atom is -0.351 e. The molecule has 0 unspecified atom stereocenters. The minimum absolute atomic E-state index is 0.0796. The van der Waals surface area contributed by atoms with Gasteiger partial charge in [0.1, 0.15) is 5.82 Å². The number of carbonyl (C=O) groups is 1. The molecule has 0 spiro atoms. The first kappa shape index (κ1) is 15.0. The molecule has 1 aromatic carbocycles. The molecule has 1 N–H and O–H groups in total. The molecule has 3 nitrogen and oxygen atoms in total. The number of amides is 1. The van der Waals surface area contributed by atoms with Gasteiger partial charge in [-0.25, -0.2) is 9.37 Å². The van der Waals surface area contributed by atoms with E-state index in [9.17, 15) is 9.18 Å². The Morgan fingerprint density at radius 1 is 1.25 bits per heavy atom. The van der Waals surface area contributed by atoms with Gasteiger partial charge in [-0.3, -0.25) is 4.79 Å². The zero-order valence-corrected chi connectivity index (χ0v) is 12.9. The molecular formula is C14H12BrFN2OS. The quantitative estimate of drug-likeness (QED) is 0.836. The van der Waals surface area contributed by atoms with Gasteiger partial charge in [0.05, 0.1) is 10.8 Å². The SMILES string of the molecule is O=C(CSc1ccc(Br)cn1)NCc1ccc(F)cc1. The maximum Gasteiger partial charge on any atom is 0.230 e. The van der Waals surface area contributed by atoms with Crippen LogP contribution in [0.3, 0.4) is 0 Å². The lowest BCUT2D eigenvalue weighted by Crippen LogP contribution is -2.24. The number of hydrogen-bond donors (Lipinski definition) is 1. The maximum absolute atomic E-state index is 12.7. The van der Waals surface area contributed by atoms with Gasteiger partial charge in [0, 0.05) is 17.2 Å². The van der Waals surface area contributed by atoms with Crippen molar-refractivity contribution in [3.63, 3.8) is 0 Å². The lowest BCUT2D eigenvalue weighted by atomic mass is 10.2. The highest BCUT2D eigenvalue weighted by atomic mass is 79.9. The van der Waals surface area contributed by atoms with Crippen LogP contribution in [0.15, 0.2) is 52.1 Å². The second kappa shape index (κ2) is 7.40. The summed E-state index contributed by atoms with van der Waals surface area (Å²) in [6.45, 7) is 0.396. The van der Waals surface area contributed by atoms with Crippen molar-refractivity contribution in [1.29, 1.82) is 0 Å². The average molecular weight is 355 g/mol. The van der Waals surface area contributed by atoms with E-state index in [-0.39, 0.29) is 11.7 Å². The van der Waals surface area contributed by atoms with Crippen LogP contribution in [-0.2, 0) is 11.3 Å². The second-order valence-corrected chi connectivity index (χ2v) is 5.92. The smallest absolute Gasteiger partial charge is 0.230 e. The largest absolute Gasteiger partial charge is 0.351 e. The molecule has 2 aromatic rings. The monoisotopic (exact) mass is 354 g/mol. The molecule has 20 heavy (non-hydrogen) atoms. The van der Waals surface area contributed by atoms with Crippen LogP contribution >= 0.6 is 27.7 Å². The molecule has 2 rings (SSSR count). The number of aromatic nitrogens is 1. The fraction of sp³-hybridized carbons (Fsp3) is 0.143. The Labute approximate surface area is 129 Å². The van der Waals surface area contributed by atoms with Crippen LogP contribution in [0.25, 0.3) is 0 Å². The van der Waals surface area contributed by atoms with Crippen LogP contribution in [0, 0.1) is 5.82 Å². The summed E-state index contributed by atoms with van der Waals surface area (Å²) in [5.41, 5.74) is 0.867. The first-order chi connectivity index (χ1) is 9.63. The number of carbonyl (C=O) groups excluding carboxylic acids is 1. The van der Waals surface area contributed by atoms with Gasteiger partial charge in [-0.2, -0.15) is 0 Å². The minimum atomic E-state index is -0.281. The highest BCUT2D eigenvalue weighted by Crippen LogP contribution is 2.17. The van der Waals surface area contributed by atoms with Crippen LogP contribution in [0.5, 0.6) is 0 Å². The zero-order valence-electron chi connectivity index (χ0n) is 10.5. The molecule has 6 heteroatoms. The molecule has 0 bridgehead atoms. The lowest BCUT2D eigenvalue weighted by Gasteiger charge is -2.05. The van der Waals surface area contributed by atoms with E-state index in [2.05, 4.69) is 26.2 Å². The molecule has 0 saturated heterocycles. The van der Waals surface area contributed by atoms with Crippen LogP contribution in [0.1, 0.15) is 5.56 Å². The van der Waals surface area contributed by atoms with Crippen LogP contribution < -0.4 is 5.32 Å². The number of pyridine rings is 1. The van der Waals surface area contributed by atoms with Crippen molar-refractivity contribution in [1.82, 2.24) is 10.3 Å². The third kappa shape index (κ3) is 4.94. The Morgan fingerprint density at radius 2 is 2.00 bits per heavy atom. The molecule has 0 saturated carbocycles. The molecule has 1 aromatic heterocycles. The van der Waals surface area contributed by atoms with E-state index < -0.39 is 0 Å². The summed E-state index contributed by atoms with van der Waals surface area (Å²) < 4.78 is 13.6. The van der Waals surface area contributed by atoms with Crippen molar-refractivity contribution in [2.24, 2.45) is 0 Å². The standard InChI is InChI=1S/C14H12BrFN2OS/c15-11-3-6-14(18-8-11)20-9-13(19)17-7-10-1-4-12(16)5-2-10/h1-6,8H,7,9H2,(H,17,19). The van der Waals surface area contributed by atoms with Gasteiger partial charge in [0.25, 0.3) is 0 Å². The van der Waals surface area contributed by atoms with Gasteiger partial charge in [0.15, 0.2) is 0 Å². The summed E-state index contributed by atoms with van der Waals surface area (Å²) in [4.78, 5) is 15.9. The van der Waals surface area contributed by atoms with Crippen LogP contribution in [0.4, 0.5) is 4.39 Å². The Hall–Kier alpha value is -1.40. The van der Waals surface area contributed by atoms with E-state index in [4.69, 9.17) is 0 Å². The number of halogens is 2. The topological polar surface area (TPSA) is 42.0 Å². The Bertz CT molecular complexity index is 523. The van der Waals surface area contributed by atoms with Crippen molar-refractivity contribution in [3.8, 4) is 0 Å². The fourth-order valence-electron chi connectivity index (χ4n) is 1.44. The van der Waals surface area contributed by atoms with Crippen molar-refractivity contribution < 1.29 is 9.18 Å². The summed E-state index contributed by atoms with van der Waals surface area (Å²) >= 11 is 4.67. The molecular weight excluding hydrogens is 343 g/mol. The maximum atomic E-state index is 12.7. The second-order valence-electron chi connectivity index (χ2n) is 4.01. The predicted octanol–water partition coefficient (Wildman–Crippen LogP) is 3.39. The van der Waals surface area contributed by atoms with Gasteiger partial charge in [-0.1, -0.05) is 23.9 Å². The molecule has 0 fully saturated rings. The normalized spacial score (nSPS) is 10.3. The number of rotatable bonds is 5. The highest BCUT2D eigenvalue weighted by Gasteiger charge is 2.04. The van der Waals surface area contributed by atoms with Gasteiger partial charge < -0.3 is 5.32 Å². The zero-order chi connectivity index (χ0) is 14.4. The van der Waals surface area contributed by atoms with Gasteiger partial charge in [-0.15, -0.1) is 0 Å². The van der Waals surface area contributed by atoms with Crippen molar-refractivity contribution >= 4 is 33.6 Å². The molecule has 0 radical (unpaired) electrons. The van der Waals surface area contributed by atoms with E-state index in [0.717, 1.165) is 15.1 Å². The molecule has 0 atom stereocenters. The molecule has 0 aliphatic heterocycles. The van der Waals surface area contributed by atoms with Gasteiger partial charge >= 0.3 is 0 Å². The van der Waals surface area contributed by atoms with E-state index in [1.165, 1.54) is 23.9 Å². The van der Waals surface area contributed by atoms with E-state index in [1.54, 1.807) is 18.3 Å². The Kier molecular flexibility index (Phi) is 5.55. The van der Waals surface area contributed by atoms with Gasteiger partial charge in [-0.05, 0) is 45.8 Å². The van der Waals surface area contributed by atoms with E-state index >= 15 is 0 Å². The first-order valence-electron chi connectivity index (χ1n) is 5.89. The summed E-state index contributed by atoms with van der Waals surface area (Å²) in [7, 11) is 0. The Balaban J connectivity index is 1.75. The summed E-state index contributed by atoms with van der Waals surface area (Å²) in [6.07, 6.45) is 1.69. The third-order valence-electron chi connectivity index (χ3n) is 2.45. The highest BCUT2D eigenvalue weighted by molar-refractivity contribution is 9.10.